The summed E-state index contributed by atoms with van der Waals surface area (Å²) in [4.78, 5) is 9.75. The largest absolute Gasteiger partial charge is 0.341 e. The molecule has 94 valence electrons. The molecule has 1 aliphatic rings. The molecule has 0 radical (unpaired) electrons. The minimum Gasteiger partial charge on any atom is -0.341 e. The van der Waals surface area contributed by atoms with Gasteiger partial charge in [0.15, 0.2) is 5.96 Å². The highest BCUT2D eigenvalue weighted by Crippen LogP contribution is 2.20. The molecule has 0 aromatic rings. The molecule has 3 heteroatoms. The van der Waals surface area contributed by atoms with Crippen molar-refractivity contribution in [3.8, 4) is 0 Å². The number of guanidine groups is 1. The number of nitrogens with zero attached hydrogens (tertiary/aromatic N) is 3. The van der Waals surface area contributed by atoms with E-state index in [0.717, 1.165) is 32.6 Å². The molecule has 1 rings (SSSR count). The second kappa shape index (κ2) is 5.55. The summed E-state index contributed by atoms with van der Waals surface area (Å²) in [6.45, 7) is 15.5. The lowest BCUT2D eigenvalue weighted by Crippen LogP contribution is -2.36. The second-order valence-electron chi connectivity index (χ2n) is 5.13. The van der Waals surface area contributed by atoms with Gasteiger partial charge in [-0.15, -0.1) is 0 Å². The number of likely N-dealkylation sites (N-methyl/N-ethyl adjacent to an activating group) is 2. The number of hydrogen-bond donors (Lipinski definition) is 0. The Morgan fingerprint density at radius 3 is 1.94 bits per heavy atom. The Balaban J connectivity index is 2.83. The topological polar surface area (TPSA) is 18.8 Å². The van der Waals surface area contributed by atoms with Crippen molar-refractivity contribution in [1.82, 2.24) is 9.80 Å². The van der Waals surface area contributed by atoms with Gasteiger partial charge in [0.2, 0.25) is 0 Å². The summed E-state index contributed by atoms with van der Waals surface area (Å²) in [5, 5.41) is 0. The van der Waals surface area contributed by atoms with Crippen molar-refractivity contribution in [2.45, 2.75) is 53.0 Å². The maximum absolute atomic E-state index is 4.97. The van der Waals surface area contributed by atoms with Gasteiger partial charge in [0.1, 0.15) is 0 Å². The average Bonchev–Trinajstić information content (AvgIpc) is 2.59. The normalized spacial score (nSPS) is 17.2. The van der Waals surface area contributed by atoms with Crippen LogP contribution in [-0.4, -0.2) is 47.5 Å². The van der Waals surface area contributed by atoms with E-state index >= 15 is 0 Å². The highest BCUT2D eigenvalue weighted by molar-refractivity contribution is 5.82. The van der Waals surface area contributed by atoms with Crippen molar-refractivity contribution in [3.05, 3.63) is 0 Å². The van der Waals surface area contributed by atoms with E-state index in [-0.39, 0.29) is 5.54 Å². The minimum atomic E-state index is 0.0786. The highest BCUT2D eigenvalue weighted by Gasteiger charge is 2.27. The third kappa shape index (κ3) is 3.13. The molecule has 16 heavy (non-hydrogen) atoms. The van der Waals surface area contributed by atoms with E-state index in [1.807, 2.05) is 0 Å². The molecule has 3 nitrogen and oxygen atoms in total. The summed E-state index contributed by atoms with van der Waals surface area (Å²) >= 11 is 0. The Morgan fingerprint density at radius 1 is 1.06 bits per heavy atom. The lowest BCUT2D eigenvalue weighted by atomic mass is 10.0. The van der Waals surface area contributed by atoms with Crippen molar-refractivity contribution >= 4 is 5.96 Å². The molecule has 0 atom stereocenters. The molecule has 1 heterocycles. The predicted molar refractivity (Wildman–Crippen MR) is 70.9 cm³/mol. The van der Waals surface area contributed by atoms with Gasteiger partial charge in [-0.2, -0.15) is 0 Å². The standard InChI is InChI=1S/C13H27N3/c1-6-9-13(4,5)14-12-15(7-2)10-11-16(12)8-3/h6-11H2,1-5H3. The lowest BCUT2D eigenvalue weighted by molar-refractivity contribution is 0.428. The number of rotatable bonds is 5. The van der Waals surface area contributed by atoms with Crippen molar-refractivity contribution < 1.29 is 0 Å². The van der Waals surface area contributed by atoms with Gasteiger partial charge in [-0.25, -0.2) is 4.99 Å². The molecule has 1 fully saturated rings. The molecule has 1 saturated heterocycles. The van der Waals surface area contributed by atoms with E-state index in [9.17, 15) is 0 Å². The van der Waals surface area contributed by atoms with E-state index in [2.05, 4.69) is 44.4 Å². The molecule has 0 aliphatic carbocycles. The van der Waals surface area contributed by atoms with Crippen LogP contribution in [0.5, 0.6) is 0 Å². The monoisotopic (exact) mass is 225 g/mol. The lowest BCUT2D eigenvalue weighted by Gasteiger charge is -2.27. The molecule has 0 spiro atoms. The minimum absolute atomic E-state index is 0.0786. The van der Waals surface area contributed by atoms with Crippen LogP contribution in [0.1, 0.15) is 47.5 Å². The fourth-order valence-electron chi connectivity index (χ4n) is 2.32. The Labute approximate surface area is 101 Å². The van der Waals surface area contributed by atoms with Gasteiger partial charge in [-0.05, 0) is 34.1 Å². The highest BCUT2D eigenvalue weighted by atomic mass is 15.4. The molecule has 0 amide bonds. The smallest absolute Gasteiger partial charge is 0.197 e. The molecular weight excluding hydrogens is 198 g/mol. The van der Waals surface area contributed by atoms with Gasteiger partial charge in [-0.1, -0.05) is 13.3 Å². The quantitative estimate of drug-likeness (QED) is 0.716. The van der Waals surface area contributed by atoms with Gasteiger partial charge in [0.25, 0.3) is 0 Å². The predicted octanol–water partition coefficient (Wildman–Crippen LogP) is 2.58. The summed E-state index contributed by atoms with van der Waals surface area (Å²) in [5.74, 6) is 1.21. The van der Waals surface area contributed by atoms with Gasteiger partial charge >= 0.3 is 0 Å². The first kappa shape index (κ1) is 13.3. The Hall–Kier alpha value is -0.730. The average molecular weight is 225 g/mol. The summed E-state index contributed by atoms with van der Waals surface area (Å²) in [5.41, 5.74) is 0.0786. The van der Waals surface area contributed by atoms with Gasteiger partial charge in [0.05, 0.1) is 5.54 Å². The van der Waals surface area contributed by atoms with Gasteiger partial charge in [0, 0.05) is 26.2 Å². The van der Waals surface area contributed by atoms with Crippen LogP contribution in [0.3, 0.4) is 0 Å². The maximum atomic E-state index is 4.97. The van der Waals surface area contributed by atoms with Crippen LogP contribution in [0.4, 0.5) is 0 Å². The first-order chi connectivity index (χ1) is 7.54. The number of hydrogen-bond acceptors (Lipinski definition) is 1. The third-order valence-corrected chi connectivity index (χ3v) is 3.23. The molecule has 0 unspecified atom stereocenters. The molecule has 0 aromatic heterocycles. The summed E-state index contributed by atoms with van der Waals surface area (Å²) in [7, 11) is 0. The Kier molecular flexibility index (Phi) is 4.63. The third-order valence-electron chi connectivity index (χ3n) is 3.23. The van der Waals surface area contributed by atoms with E-state index in [4.69, 9.17) is 4.99 Å². The van der Waals surface area contributed by atoms with Crippen molar-refractivity contribution in [2.75, 3.05) is 26.2 Å². The Bertz CT molecular complexity index is 232. The zero-order valence-electron chi connectivity index (χ0n) is 11.6. The summed E-state index contributed by atoms with van der Waals surface area (Å²) < 4.78 is 0. The van der Waals surface area contributed by atoms with Crippen LogP contribution in [-0.2, 0) is 0 Å². The van der Waals surface area contributed by atoms with Crippen LogP contribution in [0.15, 0.2) is 4.99 Å². The maximum Gasteiger partial charge on any atom is 0.197 e. The molecule has 1 aliphatic heterocycles. The van der Waals surface area contributed by atoms with E-state index < -0.39 is 0 Å². The fourth-order valence-corrected chi connectivity index (χ4v) is 2.32. The van der Waals surface area contributed by atoms with Crippen LogP contribution in [0, 0.1) is 0 Å². The van der Waals surface area contributed by atoms with Crippen LogP contribution in [0.2, 0.25) is 0 Å². The Morgan fingerprint density at radius 2 is 1.56 bits per heavy atom. The molecule has 0 aromatic carbocycles. The SMILES string of the molecule is CCCC(C)(C)N=C1N(CC)CCN1CC. The second-order valence-corrected chi connectivity index (χ2v) is 5.13. The summed E-state index contributed by atoms with van der Waals surface area (Å²) in [6.07, 6.45) is 2.35. The van der Waals surface area contributed by atoms with E-state index in [1.54, 1.807) is 0 Å². The number of aliphatic imine (C=N–C) groups is 1. The van der Waals surface area contributed by atoms with E-state index in [0.29, 0.717) is 0 Å². The zero-order chi connectivity index (χ0) is 12.2. The van der Waals surface area contributed by atoms with Crippen molar-refractivity contribution in [1.29, 1.82) is 0 Å². The molecule has 0 bridgehead atoms. The molecular formula is C13H27N3. The molecule has 0 N–H and O–H groups in total. The van der Waals surface area contributed by atoms with E-state index in [1.165, 1.54) is 12.4 Å². The van der Waals surface area contributed by atoms with Crippen LogP contribution in [0.25, 0.3) is 0 Å². The first-order valence-corrected chi connectivity index (χ1v) is 6.63. The van der Waals surface area contributed by atoms with Crippen molar-refractivity contribution in [2.24, 2.45) is 4.99 Å². The van der Waals surface area contributed by atoms with Gasteiger partial charge < -0.3 is 9.80 Å². The molecule has 0 saturated carbocycles. The van der Waals surface area contributed by atoms with Gasteiger partial charge in [-0.3, -0.25) is 0 Å². The van der Waals surface area contributed by atoms with Crippen LogP contribution < -0.4 is 0 Å². The van der Waals surface area contributed by atoms with Crippen molar-refractivity contribution in [3.63, 3.8) is 0 Å². The zero-order valence-corrected chi connectivity index (χ0v) is 11.6. The van der Waals surface area contributed by atoms with Crippen LogP contribution >= 0.6 is 0 Å². The first-order valence-electron chi connectivity index (χ1n) is 6.63. The fraction of sp³-hybridized carbons (Fsp3) is 0.923. The summed E-state index contributed by atoms with van der Waals surface area (Å²) in [6, 6.07) is 0.